The second kappa shape index (κ2) is 5.15. The molecule has 0 saturated heterocycles. The van der Waals surface area contributed by atoms with Crippen LogP contribution in [-0.4, -0.2) is 12.7 Å². The van der Waals surface area contributed by atoms with Crippen LogP contribution in [0.25, 0.3) is 0 Å². The maximum atomic E-state index is 11.0. The van der Waals surface area contributed by atoms with Gasteiger partial charge >= 0.3 is 6.09 Å². The highest BCUT2D eigenvalue weighted by molar-refractivity contribution is 6.30. The third-order valence-electron chi connectivity index (χ3n) is 1.38. The van der Waals surface area contributed by atoms with Gasteiger partial charge in [0.2, 0.25) is 0 Å². The zero-order valence-corrected chi connectivity index (χ0v) is 8.04. The first-order valence-electron chi connectivity index (χ1n) is 3.85. The number of hydrogen-bond donors (Lipinski definition) is 1. The lowest BCUT2D eigenvalue weighted by atomic mass is 10.3. The Morgan fingerprint density at radius 1 is 1.50 bits per heavy atom. The average Bonchev–Trinajstić information content (AvgIpc) is 2.18. The van der Waals surface area contributed by atoms with Gasteiger partial charge in [0.05, 0.1) is 0 Å². The second-order valence-corrected chi connectivity index (χ2v) is 2.85. The van der Waals surface area contributed by atoms with Gasteiger partial charge in [-0.15, -0.1) is 6.42 Å². The van der Waals surface area contributed by atoms with Crippen LogP contribution in [0.2, 0.25) is 5.02 Å². The molecule has 14 heavy (non-hydrogen) atoms. The van der Waals surface area contributed by atoms with E-state index in [1.165, 1.54) is 0 Å². The van der Waals surface area contributed by atoms with Crippen molar-refractivity contribution >= 4 is 23.4 Å². The number of amides is 1. The predicted molar refractivity (Wildman–Crippen MR) is 55.3 cm³/mol. The van der Waals surface area contributed by atoms with Crippen molar-refractivity contribution in [1.29, 1.82) is 0 Å². The molecule has 0 aliphatic carbocycles. The highest BCUT2D eigenvalue weighted by Gasteiger charge is 2.00. The lowest BCUT2D eigenvalue weighted by molar-refractivity contribution is 0.176. The summed E-state index contributed by atoms with van der Waals surface area (Å²) in [6.45, 7) is -0.0422. The van der Waals surface area contributed by atoms with Crippen molar-refractivity contribution in [3.8, 4) is 12.3 Å². The number of ether oxygens (including phenoxy) is 1. The minimum atomic E-state index is -0.578. The van der Waals surface area contributed by atoms with Crippen LogP contribution in [0.1, 0.15) is 0 Å². The number of nitrogens with one attached hydrogen (secondary N) is 1. The summed E-state index contributed by atoms with van der Waals surface area (Å²) in [5.41, 5.74) is 0.608. The van der Waals surface area contributed by atoms with E-state index in [1.807, 2.05) is 0 Å². The van der Waals surface area contributed by atoms with Gasteiger partial charge in [0, 0.05) is 10.7 Å². The highest BCUT2D eigenvalue weighted by atomic mass is 35.5. The summed E-state index contributed by atoms with van der Waals surface area (Å²) in [4.78, 5) is 11.0. The Morgan fingerprint density at radius 2 is 2.14 bits per heavy atom. The lowest BCUT2D eigenvalue weighted by Gasteiger charge is -2.03. The molecule has 4 heteroatoms. The van der Waals surface area contributed by atoms with E-state index in [2.05, 4.69) is 16.0 Å². The maximum absolute atomic E-state index is 11.0. The van der Waals surface area contributed by atoms with Crippen LogP contribution in [-0.2, 0) is 4.74 Å². The number of hydrogen-bond acceptors (Lipinski definition) is 2. The van der Waals surface area contributed by atoms with Crippen LogP contribution in [0.3, 0.4) is 0 Å². The molecule has 1 amide bonds. The van der Waals surface area contributed by atoms with Crippen molar-refractivity contribution in [2.45, 2.75) is 0 Å². The molecule has 0 unspecified atom stereocenters. The molecule has 0 aliphatic rings. The number of anilines is 1. The Kier molecular flexibility index (Phi) is 3.84. The molecule has 1 N–H and O–H groups in total. The summed E-state index contributed by atoms with van der Waals surface area (Å²) in [5, 5.41) is 3.09. The fraction of sp³-hybridized carbons (Fsp3) is 0.100. The summed E-state index contributed by atoms with van der Waals surface area (Å²) in [7, 11) is 0. The first-order chi connectivity index (χ1) is 6.72. The van der Waals surface area contributed by atoms with Gasteiger partial charge in [-0.3, -0.25) is 5.32 Å². The van der Waals surface area contributed by atoms with Crippen molar-refractivity contribution in [2.24, 2.45) is 0 Å². The Balaban J connectivity index is 2.49. The van der Waals surface area contributed by atoms with Crippen molar-refractivity contribution in [3.63, 3.8) is 0 Å². The van der Waals surface area contributed by atoms with Crippen LogP contribution < -0.4 is 5.32 Å². The zero-order chi connectivity index (χ0) is 10.4. The monoisotopic (exact) mass is 209 g/mol. The van der Waals surface area contributed by atoms with Crippen LogP contribution in [0.15, 0.2) is 24.3 Å². The zero-order valence-electron chi connectivity index (χ0n) is 7.29. The van der Waals surface area contributed by atoms with Gasteiger partial charge in [-0.1, -0.05) is 17.5 Å². The van der Waals surface area contributed by atoms with E-state index in [-0.39, 0.29) is 6.61 Å². The molecular formula is C10H8ClNO2. The van der Waals surface area contributed by atoms with Crippen molar-refractivity contribution in [1.82, 2.24) is 0 Å². The summed E-state index contributed by atoms with van der Waals surface area (Å²) in [6, 6.07) is 6.66. The summed E-state index contributed by atoms with van der Waals surface area (Å²) < 4.78 is 4.61. The van der Waals surface area contributed by atoms with Gasteiger partial charge in [-0.2, -0.15) is 0 Å². The van der Waals surface area contributed by atoms with E-state index in [0.717, 1.165) is 0 Å². The molecule has 72 valence electrons. The molecule has 1 aromatic carbocycles. The van der Waals surface area contributed by atoms with Crippen molar-refractivity contribution < 1.29 is 9.53 Å². The molecule has 3 nitrogen and oxygen atoms in total. The highest BCUT2D eigenvalue weighted by Crippen LogP contribution is 2.13. The third-order valence-corrected chi connectivity index (χ3v) is 1.63. The molecule has 0 radical (unpaired) electrons. The molecule has 0 fully saturated rings. The fourth-order valence-corrected chi connectivity index (χ4v) is 0.920. The Labute approximate surface area is 87.0 Å². The van der Waals surface area contributed by atoms with Gasteiger partial charge < -0.3 is 4.74 Å². The molecule has 0 aromatic heterocycles. The molecule has 0 bridgehead atoms. The minimum absolute atomic E-state index is 0.0422. The summed E-state index contributed by atoms with van der Waals surface area (Å²) in [5.74, 6) is 2.19. The number of terminal acetylenes is 1. The Morgan fingerprint density at radius 3 is 2.71 bits per heavy atom. The number of benzene rings is 1. The number of rotatable bonds is 2. The van der Waals surface area contributed by atoms with Gasteiger partial charge in [0.25, 0.3) is 0 Å². The summed E-state index contributed by atoms with van der Waals surface area (Å²) in [6.07, 6.45) is 4.34. The Bertz CT molecular complexity index is 353. The number of halogens is 1. The first-order valence-corrected chi connectivity index (χ1v) is 4.23. The van der Waals surface area contributed by atoms with Gasteiger partial charge in [0.15, 0.2) is 6.61 Å². The smallest absolute Gasteiger partial charge is 0.412 e. The Hall–Kier alpha value is -1.66. The van der Waals surface area contributed by atoms with Gasteiger partial charge in [-0.25, -0.2) is 4.79 Å². The molecule has 1 aromatic rings. The van der Waals surface area contributed by atoms with E-state index >= 15 is 0 Å². The molecular weight excluding hydrogens is 202 g/mol. The molecule has 0 spiro atoms. The molecule has 0 aliphatic heterocycles. The quantitative estimate of drug-likeness (QED) is 0.761. The normalized spacial score (nSPS) is 8.86. The van der Waals surface area contributed by atoms with Crippen molar-refractivity contribution in [3.05, 3.63) is 29.3 Å². The SMILES string of the molecule is C#CCOC(=O)Nc1ccc(Cl)cc1. The van der Waals surface area contributed by atoms with Crippen molar-refractivity contribution in [2.75, 3.05) is 11.9 Å². The van der Waals surface area contributed by atoms with E-state index in [1.54, 1.807) is 24.3 Å². The predicted octanol–water partition coefficient (Wildman–Crippen LogP) is 2.52. The van der Waals surface area contributed by atoms with Crippen LogP contribution >= 0.6 is 11.6 Å². The first kappa shape index (κ1) is 10.4. The topological polar surface area (TPSA) is 38.3 Å². The lowest BCUT2D eigenvalue weighted by Crippen LogP contribution is -2.13. The number of carbonyl (C=O) groups excluding carboxylic acids is 1. The average molecular weight is 210 g/mol. The van der Waals surface area contributed by atoms with E-state index < -0.39 is 6.09 Å². The van der Waals surface area contributed by atoms with E-state index in [4.69, 9.17) is 18.0 Å². The standard InChI is InChI=1S/C10H8ClNO2/c1-2-7-14-10(13)12-9-5-3-8(11)4-6-9/h1,3-6H,7H2,(H,12,13). The number of carbonyl (C=O) groups is 1. The van der Waals surface area contributed by atoms with Crippen LogP contribution in [0.4, 0.5) is 10.5 Å². The van der Waals surface area contributed by atoms with Crippen LogP contribution in [0, 0.1) is 12.3 Å². The van der Waals surface area contributed by atoms with E-state index in [9.17, 15) is 4.79 Å². The molecule has 0 saturated carbocycles. The molecule has 1 rings (SSSR count). The second-order valence-electron chi connectivity index (χ2n) is 2.41. The molecule has 0 atom stereocenters. The third kappa shape index (κ3) is 3.38. The van der Waals surface area contributed by atoms with E-state index in [0.29, 0.717) is 10.7 Å². The largest absolute Gasteiger partial charge is 0.436 e. The maximum Gasteiger partial charge on any atom is 0.412 e. The molecule has 0 heterocycles. The van der Waals surface area contributed by atoms with Crippen LogP contribution in [0.5, 0.6) is 0 Å². The van der Waals surface area contributed by atoms with Gasteiger partial charge in [-0.05, 0) is 24.3 Å². The summed E-state index contributed by atoms with van der Waals surface area (Å²) >= 11 is 5.66. The minimum Gasteiger partial charge on any atom is -0.436 e. The van der Waals surface area contributed by atoms with Gasteiger partial charge in [0.1, 0.15) is 0 Å². The fourth-order valence-electron chi connectivity index (χ4n) is 0.794.